The Morgan fingerprint density at radius 2 is 1.48 bits per heavy atom. The molecule has 0 fully saturated rings. The molecule has 6 nitrogen and oxygen atoms in total. The lowest BCUT2D eigenvalue weighted by molar-refractivity contribution is -0.169. The highest BCUT2D eigenvalue weighted by molar-refractivity contribution is 5.90. The fourth-order valence-corrected chi connectivity index (χ4v) is 1.91. The first kappa shape index (κ1) is 18.2. The zero-order valence-electron chi connectivity index (χ0n) is 13.7. The van der Waals surface area contributed by atoms with Crippen LogP contribution in [-0.4, -0.2) is 30.6 Å². The summed E-state index contributed by atoms with van der Waals surface area (Å²) in [6, 6.07) is 17.4. The Kier molecular flexibility index (Phi) is 6.71. The van der Waals surface area contributed by atoms with E-state index in [9.17, 15) is 14.4 Å². The van der Waals surface area contributed by atoms with Crippen molar-refractivity contribution in [2.45, 2.75) is 19.6 Å². The number of hydrogen-bond acceptors (Lipinski definition) is 6. The van der Waals surface area contributed by atoms with Gasteiger partial charge in [-0.25, -0.2) is 14.4 Å². The van der Waals surface area contributed by atoms with Crippen molar-refractivity contribution in [3.63, 3.8) is 0 Å². The molecular formula is C19H18O6. The number of carbonyl (C=O) groups excluding carboxylic acids is 3. The second-order valence-corrected chi connectivity index (χ2v) is 5.17. The molecule has 0 aliphatic carbocycles. The fourth-order valence-electron chi connectivity index (χ4n) is 1.91. The molecule has 0 bridgehead atoms. The standard InChI is InChI=1S/C19H18O6/c1-14(18(21)23-12-15-8-4-2-5-9-15)25-17(20)13-24-19(22)16-10-6-3-7-11-16/h2-11,14H,12-13H2,1H3/t14-/m0/s1. The summed E-state index contributed by atoms with van der Waals surface area (Å²) in [5, 5.41) is 0. The predicted octanol–water partition coefficient (Wildman–Crippen LogP) is 2.52. The monoisotopic (exact) mass is 342 g/mol. The quantitative estimate of drug-likeness (QED) is 0.568. The van der Waals surface area contributed by atoms with E-state index in [4.69, 9.17) is 14.2 Å². The second-order valence-electron chi connectivity index (χ2n) is 5.17. The molecule has 2 aromatic carbocycles. The van der Waals surface area contributed by atoms with Crippen molar-refractivity contribution < 1.29 is 28.6 Å². The van der Waals surface area contributed by atoms with E-state index in [-0.39, 0.29) is 6.61 Å². The summed E-state index contributed by atoms with van der Waals surface area (Å²) >= 11 is 0. The van der Waals surface area contributed by atoms with Crippen LogP contribution >= 0.6 is 0 Å². The van der Waals surface area contributed by atoms with Gasteiger partial charge in [0.25, 0.3) is 0 Å². The summed E-state index contributed by atoms with van der Waals surface area (Å²) in [5.41, 5.74) is 1.15. The minimum atomic E-state index is -1.09. The first-order chi connectivity index (χ1) is 12.1. The Bertz CT molecular complexity index is 711. The van der Waals surface area contributed by atoms with Gasteiger partial charge in [0.1, 0.15) is 6.61 Å². The highest BCUT2D eigenvalue weighted by Gasteiger charge is 2.20. The van der Waals surface area contributed by atoms with Crippen molar-refractivity contribution in [1.82, 2.24) is 0 Å². The maximum absolute atomic E-state index is 11.8. The van der Waals surface area contributed by atoms with Crippen LogP contribution in [0.15, 0.2) is 60.7 Å². The van der Waals surface area contributed by atoms with Crippen molar-refractivity contribution in [2.75, 3.05) is 6.61 Å². The number of hydrogen-bond donors (Lipinski definition) is 0. The first-order valence-electron chi connectivity index (χ1n) is 7.68. The Balaban J connectivity index is 1.72. The molecule has 2 aromatic rings. The van der Waals surface area contributed by atoms with Crippen molar-refractivity contribution in [2.24, 2.45) is 0 Å². The van der Waals surface area contributed by atoms with E-state index in [0.29, 0.717) is 5.56 Å². The van der Waals surface area contributed by atoms with Gasteiger partial charge < -0.3 is 14.2 Å². The lowest BCUT2D eigenvalue weighted by Crippen LogP contribution is -2.28. The highest BCUT2D eigenvalue weighted by Crippen LogP contribution is 2.05. The Morgan fingerprint density at radius 3 is 2.12 bits per heavy atom. The van der Waals surface area contributed by atoms with Crippen LogP contribution in [0.1, 0.15) is 22.8 Å². The van der Waals surface area contributed by atoms with Crippen LogP contribution < -0.4 is 0 Å². The molecule has 0 unspecified atom stereocenters. The number of esters is 3. The zero-order valence-corrected chi connectivity index (χ0v) is 13.7. The average Bonchev–Trinajstić information content (AvgIpc) is 2.65. The van der Waals surface area contributed by atoms with Crippen LogP contribution in [-0.2, 0) is 30.4 Å². The second kappa shape index (κ2) is 9.22. The molecule has 0 spiro atoms. The molecule has 6 heteroatoms. The molecule has 0 radical (unpaired) electrons. The number of carbonyl (C=O) groups is 3. The largest absolute Gasteiger partial charge is 0.458 e. The summed E-state index contributed by atoms with van der Waals surface area (Å²) in [5.74, 6) is -2.14. The van der Waals surface area contributed by atoms with E-state index in [1.807, 2.05) is 30.3 Å². The van der Waals surface area contributed by atoms with Gasteiger partial charge in [-0.3, -0.25) is 0 Å². The molecule has 0 saturated carbocycles. The zero-order chi connectivity index (χ0) is 18.1. The molecular weight excluding hydrogens is 324 g/mol. The van der Waals surface area contributed by atoms with Gasteiger partial charge in [-0.2, -0.15) is 0 Å². The molecule has 0 aliphatic rings. The van der Waals surface area contributed by atoms with Crippen LogP contribution in [0.4, 0.5) is 0 Å². The minimum Gasteiger partial charge on any atom is -0.458 e. The maximum Gasteiger partial charge on any atom is 0.347 e. The maximum atomic E-state index is 11.8. The lowest BCUT2D eigenvalue weighted by atomic mass is 10.2. The molecule has 1 atom stereocenters. The van der Waals surface area contributed by atoms with Crippen LogP contribution in [0.5, 0.6) is 0 Å². The molecule has 0 amide bonds. The van der Waals surface area contributed by atoms with Crippen molar-refractivity contribution in [3.05, 3.63) is 71.8 Å². The van der Waals surface area contributed by atoms with E-state index in [2.05, 4.69) is 0 Å². The summed E-state index contributed by atoms with van der Waals surface area (Å²) in [4.78, 5) is 35.2. The van der Waals surface area contributed by atoms with Crippen molar-refractivity contribution in [3.8, 4) is 0 Å². The van der Waals surface area contributed by atoms with Crippen LogP contribution in [0.25, 0.3) is 0 Å². The Morgan fingerprint density at radius 1 is 0.880 bits per heavy atom. The SMILES string of the molecule is C[C@H](OC(=O)COC(=O)c1ccccc1)C(=O)OCc1ccccc1. The van der Waals surface area contributed by atoms with Gasteiger partial charge in [-0.15, -0.1) is 0 Å². The molecule has 2 rings (SSSR count). The van der Waals surface area contributed by atoms with Gasteiger partial charge in [0.15, 0.2) is 12.7 Å². The van der Waals surface area contributed by atoms with Gasteiger partial charge in [0.2, 0.25) is 0 Å². The molecule has 0 aromatic heterocycles. The third-order valence-electron chi connectivity index (χ3n) is 3.19. The smallest absolute Gasteiger partial charge is 0.347 e. The summed E-state index contributed by atoms with van der Waals surface area (Å²) < 4.78 is 14.8. The number of benzene rings is 2. The summed E-state index contributed by atoms with van der Waals surface area (Å²) in [7, 11) is 0. The molecule has 0 N–H and O–H groups in total. The first-order valence-corrected chi connectivity index (χ1v) is 7.68. The molecule has 130 valence electrons. The molecule has 0 heterocycles. The summed E-state index contributed by atoms with van der Waals surface area (Å²) in [6.45, 7) is 0.902. The van der Waals surface area contributed by atoms with Gasteiger partial charge in [-0.1, -0.05) is 48.5 Å². The summed E-state index contributed by atoms with van der Waals surface area (Å²) in [6.07, 6.45) is -1.09. The molecule has 0 saturated heterocycles. The van der Waals surface area contributed by atoms with Gasteiger partial charge in [-0.05, 0) is 24.6 Å². The van der Waals surface area contributed by atoms with Crippen molar-refractivity contribution >= 4 is 17.9 Å². The van der Waals surface area contributed by atoms with E-state index in [1.165, 1.54) is 6.92 Å². The Hall–Kier alpha value is -3.15. The molecule has 0 aliphatic heterocycles. The highest BCUT2D eigenvalue weighted by atomic mass is 16.6. The Labute approximate surface area is 145 Å². The van der Waals surface area contributed by atoms with Crippen LogP contribution in [0, 0.1) is 0 Å². The van der Waals surface area contributed by atoms with Gasteiger partial charge >= 0.3 is 17.9 Å². The third-order valence-corrected chi connectivity index (χ3v) is 3.19. The van der Waals surface area contributed by atoms with Gasteiger partial charge in [0.05, 0.1) is 5.56 Å². The number of rotatable bonds is 7. The predicted molar refractivity (Wildman–Crippen MR) is 88.5 cm³/mol. The van der Waals surface area contributed by atoms with E-state index in [0.717, 1.165) is 5.56 Å². The topological polar surface area (TPSA) is 78.9 Å². The third kappa shape index (κ3) is 6.10. The van der Waals surface area contributed by atoms with E-state index in [1.54, 1.807) is 30.3 Å². The molecule has 25 heavy (non-hydrogen) atoms. The van der Waals surface area contributed by atoms with Gasteiger partial charge in [0, 0.05) is 0 Å². The average molecular weight is 342 g/mol. The van der Waals surface area contributed by atoms with Crippen LogP contribution in [0.3, 0.4) is 0 Å². The van der Waals surface area contributed by atoms with E-state index < -0.39 is 30.6 Å². The minimum absolute atomic E-state index is 0.0879. The number of ether oxygens (including phenoxy) is 3. The lowest BCUT2D eigenvalue weighted by Gasteiger charge is -2.13. The van der Waals surface area contributed by atoms with E-state index >= 15 is 0 Å². The normalized spacial score (nSPS) is 11.2. The van der Waals surface area contributed by atoms with Crippen molar-refractivity contribution in [1.29, 1.82) is 0 Å². The van der Waals surface area contributed by atoms with Crippen LogP contribution in [0.2, 0.25) is 0 Å². The fraction of sp³-hybridized carbons (Fsp3) is 0.211.